The summed E-state index contributed by atoms with van der Waals surface area (Å²) in [6, 6.07) is 0.703. The monoisotopic (exact) mass is 267 g/mol. The Labute approximate surface area is 119 Å². The minimum absolute atomic E-state index is 0.0339. The van der Waals surface area contributed by atoms with Gasteiger partial charge in [0.25, 0.3) is 0 Å². The Kier molecular flexibility index (Phi) is 4.62. The predicted molar refractivity (Wildman–Crippen MR) is 81.4 cm³/mol. The summed E-state index contributed by atoms with van der Waals surface area (Å²) in [5.74, 6) is 1.49. The summed E-state index contributed by atoms with van der Waals surface area (Å²) in [6.45, 7) is 12.5. The first-order valence-electron chi connectivity index (χ1n) is 8.29. The molecule has 2 rings (SSSR count). The molecule has 0 aromatic carbocycles. The predicted octanol–water partition coefficient (Wildman–Crippen LogP) is 4.14. The molecule has 0 amide bonds. The molecule has 1 aliphatic heterocycles. The summed E-state index contributed by atoms with van der Waals surface area (Å²) in [5.41, 5.74) is 0.0867. The van der Waals surface area contributed by atoms with Crippen LogP contribution in [0.4, 0.5) is 0 Å². The lowest BCUT2D eigenvalue weighted by Gasteiger charge is -2.37. The number of hydrogen-bond acceptors (Lipinski definition) is 2. The quantitative estimate of drug-likeness (QED) is 0.776. The van der Waals surface area contributed by atoms with E-state index in [1.807, 2.05) is 0 Å². The molecule has 3 unspecified atom stereocenters. The zero-order valence-corrected chi connectivity index (χ0v) is 13.6. The molecule has 2 fully saturated rings. The lowest BCUT2D eigenvalue weighted by Crippen LogP contribution is -2.44. The van der Waals surface area contributed by atoms with Crippen molar-refractivity contribution < 1.29 is 4.74 Å². The third kappa shape index (κ3) is 3.52. The summed E-state index contributed by atoms with van der Waals surface area (Å²) in [6.07, 6.45) is 8.16. The number of rotatable bonds is 3. The first kappa shape index (κ1) is 15.3. The molecule has 1 aliphatic carbocycles. The van der Waals surface area contributed by atoms with Gasteiger partial charge in [-0.1, -0.05) is 26.2 Å². The van der Waals surface area contributed by atoms with Gasteiger partial charge in [0.05, 0.1) is 11.2 Å². The maximum Gasteiger partial charge on any atom is 0.0666 e. The molecule has 2 aliphatic rings. The lowest BCUT2D eigenvalue weighted by molar-refractivity contribution is -0.0819. The van der Waals surface area contributed by atoms with E-state index in [1.54, 1.807) is 0 Å². The summed E-state index contributed by atoms with van der Waals surface area (Å²) >= 11 is 0. The van der Waals surface area contributed by atoms with Crippen LogP contribution >= 0.6 is 0 Å². The van der Waals surface area contributed by atoms with Crippen molar-refractivity contribution >= 4 is 0 Å². The fourth-order valence-electron chi connectivity index (χ4n) is 4.61. The van der Waals surface area contributed by atoms with Crippen LogP contribution in [0.25, 0.3) is 0 Å². The van der Waals surface area contributed by atoms with Gasteiger partial charge in [-0.3, -0.25) is 0 Å². The summed E-state index contributed by atoms with van der Waals surface area (Å²) in [4.78, 5) is 0. The van der Waals surface area contributed by atoms with Crippen molar-refractivity contribution in [1.29, 1.82) is 0 Å². The minimum atomic E-state index is 0.0339. The van der Waals surface area contributed by atoms with Gasteiger partial charge in [0, 0.05) is 6.04 Å². The second kappa shape index (κ2) is 5.73. The standard InChI is InChI=1S/C17H33NO/c1-6-18-15-11-9-7-8-10-13(15)14-12-16(2,3)19-17(14,4)5/h13-15,18H,6-12H2,1-5H3. The summed E-state index contributed by atoms with van der Waals surface area (Å²) < 4.78 is 6.34. The molecule has 3 atom stereocenters. The van der Waals surface area contributed by atoms with Gasteiger partial charge in [-0.15, -0.1) is 0 Å². The highest BCUT2D eigenvalue weighted by Crippen LogP contribution is 2.48. The number of ether oxygens (including phenoxy) is 1. The van der Waals surface area contributed by atoms with Crippen LogP contribution in [0.2, 0.25) is 0 Å². The lowest BCUT2D eigenvalue weighted by atomic mass is 9.72. The van der Waals surface area contributed by atoms with Crippen molar-refractivity contribution in [3.63, 3.8) is 0 Å². The van der Waals surface area contributed by atoms with Crippen molar-refractivity contribution in [3.05, 3.63) is 0 Å². The van der Waals surface area contributed by atoms with E-state index in [-0.39, 0.29) is 11.2 Å². The summed E-state index contributed by atoms with van der Waals surface area (Å²) in [5, 5.41) is 3.76. The van der Waals surface area contributed by atoms with Crippen molar-refractivity contribution in [2.45, 2.75) is 90.4 Å². The number of nitrogens with one attached hydrogen (secondary N) is 1. The largest absolute Gasteiger partial charge is 0.369 e. The Morgan fingerprint density at radius 3 is 2.32 bits per heavy atom. The molecule has 1 N–H and O–H groups in total. The molecule has 2 nitrogen and oxygen atoms in total. The smallest absolute Gasteiger partial charge is 0.0666 e. The number of hydrogen-bond donors (Lipinski definition) is 1. The average molecular weight is 267 g/mol. The van der Waals surface area contributed by atoms with E-state index >= 15 is 0 Å². The van der Waals surface area contributed by atoms with E-state index in [1.165, 1.54) is 38.5 Å². The molecule has 112 valence electrons. The molecule has 0 aromatic rings. The molecule has 0 radical (unpaired) electrons. The molecular weight excluding hydrogens is 234 g/mol. The molecule has 0 aromatic heterocycles. The van der Waals surface area contributed by atoms with E-state index in [4.69, 9.17) is 4.74 Å². The van der Waals surface area contributed by atoms with Gasteiger partial charge in [0.15, 0.2) is 0 Å². The molecule has 1 saturated carbocycles. The van der Waals surface area contributed by atoms with Crippen molar-refractivity contribution in [3.8, 4) is 0 Å². The van der Waals surface area contributed by atoms with Crippen LogP contribution in [-0.4, -0.2) is 23.8 Å². The highest BCUT2D eigenvalue weighted by molar-refractivity contribution is 5.00. The second-order valence-electron chi connectivity index (χ2n) is 7.74. The topological polar surface area (TPSA) is 21.3 Å². The Bertz CT molecular complexity index is 298. The molecule has 2 heteroatoms. The van der Waals surface area contributed by atoms with Crippen molar-refractivity contribution in [2.24, 2.45) is 11.8 Å². The summed E-state index contributed by atoms with van der Waals surface area (Å²) in [7, 11) is 0. The van der Waals surface area contributed by atoms with Crippen molar-refractivity contribution in [2.75, 3.05) is 6.54 Å². The molecular formula is C17H33NO. The maximum absolute atomic E-state index is 6.34. The SMILES string of the molecule is CCNC1CCCCCC1C1CC(C)(C)OC1(C)C. The van der Waals surface area contributed by atoms with Crippen LogP contribution in [0.3, 0.4) is 0 Å². The van der Waals surface area contributed by atoms with Gasteiger partial charge in [-0.2, -0.15) is 0 Å². The van der Waals surface area contributed by atoms with Gasteiger partial charge >= 0.3 is 0 Å². The highest BCUT2D eigenvalue weighted by Gasteiger charge is 2.50. The van der Waals surface area contributed by atoms with Gasteiger partial charge in [0.1, 0.15) is 0 Å². The third-order valence-electron chi connectivity index (χ3n) is 5.20. The molecule has 1 heterocycles. The van der Waals surface area contributed by atoms with Crippen LogP contribution in [0.5, 0.6) is 0 Å². The second-order valence-corrected chi connectivity index (χ2v) is 7.74. The fourth-order valence-corrected chi connectivity index (χ4v) is 4.61. The van der Waals surface area contributed by atoms with Gasteiger partial charge in [-0.25, -0.2) is 0 Å². The van der Waals surface area contributed by atoms with E-state index in [9.17, 15) is 0 Å². The Morgan fingerprint density at radius 2 is 1.74 bits per heavy atom. The highest BCUT2D eigenvalue weighted by atomic mass is 16.5. The van der Waals surface area contributed by atoms with Crippen molar-refractivity contribution in [1.82, 2.24) is 5.32 Å². The van der Waals surface area contributed by atoms with Crippen LogP contribution < -0.4 is 5.32 Å². The van der Waals surface area contributed by atoms with Crippen LogP contribution in [0.15, 0.2) is 0 Å². The Hall–Kier alpha value is -0.0800. The third-order valence-corrected chi connectivity index (χ3v) is 5.20. The first-order chi connectivity index (χ1) is 8.86. The van der Waals surface area contributed by atoms with Crippen LogP contribution in [0, 0.1) is 11.8 Å². The first-order valence-corrected chi connectivity index (χ1v) is 8.29. The zero-order chi connectivity index (χ0) is 14.1. The minimum Gasteiger partial charge on any atom is -0.369 e. The Morgan fingerprint density at radius 1 is 1.05 bits per heavy atom. The molecule has 19 heavy (non-hydrogen) atoms. The van der Waals surface area contributed by atoms with E-state index in [0.717, 1.165) is 12.5 Å². The molecule has 1 saturated heterocycles. The van der Waals surface area contributed by atoms with E-state index in [0.29, 0.717) is 12.0 Å². The van der Waals surface area contributed by atoms with E-state index < -0.39 is 0 Å². The molecule has 0 bridgehead atoms. The zero-order valence-electron chi connectivity index (χ0n) is 13.6. The van der Waals surface area contributed by atoms with Gasteiger partial charge < -0.3 is 10.1 Å². The van der Waals surface area contributed by atoms with Crippen LogP contribution in [0.1, 0.15) is 73.1 Å². The fraction of sp³-hybridized carbons (Fsp3) is 1.00. The molecule has 0 spiro atoms. The van der Waals surface area contributed by atoms with Gasteiger partial charge in [-0.05, 0) is 65.3 Å². The average Bonchev–Trinajstić information content (AvgIpc) is 2.46. The normalized spacial score (nSPS) is 38.1. The maximum atomic E-state index is 6.34. The van der Waals surface area contributed by atoms with Crippen LogP contribution in [-0.2, 0) is 4.74 Å². The van der Waals surface area contributed by atoms with Gasteiger partial charge in [0.2, 0.25) is 0 Å². The van der Waals surface area contributed by atoms with E-state index in [2.05, 4.69) is 39.9 Å². The Balaban J connectivity index is 2.16.